The summed E-state index contributed by atoms with van der Waals surface area (Å²) in [5, 5.41) is 4.71. The Morgan fingerprint density at radius 2 is 1.59 bits per heavy atom. The molecule has 0 unspecified atom stereocenters. The summed E-state index contributed by atoms with van der Waals surface area (Å²) in [5.74, 6) is 1.03. The SMILES string of the molecule is CCCc1c(C)nn(-c2ccc(C(=O)N(CC(C)C)CC(C)C)cc2)c1C. The molecule has 148 valence electrons. The van der Waals surface area contributed by atoms with Crippen LogP contribution in [0.5, 0.6) is 0 Å². The van der Waals surface area contributed by atoms with Gasteiger partial charge in [0.05, 0.1) is 11.4 Å². The molecule has 0 aliphatic rings. The third-order valence-corrected chi connectivity index (χ3v) is 4.76. The lowest BCUT2D eigenvalue weighted by atomic mass is 10.1. The van der Waals surface area contributed by atoms with Crippen LogP contribution in [-0.2, 0) is 6.42 Å². The van der Waals surface area contributed by atoms with Crippen molar-refractivity contribution in [1.29, 1.82) is 0 Å². The van der Waals surface area contributed by atoms with Gasteiger partial charge in [-0.05, 0) is 61.9 Å². The van der Waals surface area contributed by atoms with Crippen LogP contribution >= 0.6 is 0 Å². The van der Waals surface area contributed by atoms with Crippen LogP contribution in [0, 0.1) is 25.7 Å². The van der Waals surface area contributed by atoms with E-state index in [1.165, 1.54) is 11.3 Å². The molecule has 4 heteroatoms. The lowest BCUT2D eigenvalue weighted by molar-refractivity contribution is 0.0715. The maximum Gasteiger partial charge on any atom is 0.253 e. The van der Waals surface area contributed by atoms with E-state index in [9.17, 15) is 4.79 Å². The number of hydrogen-bond acceptors (Lipinski definition) is 2. The fraction of sp³-hybridized carbons (Fsp3) is 0.565. The van der Waals surface area contributed by atoms with Gasteiger partial charge in [0.1, 0.15) is 0 Å². The topological polar surface area (TPSA) is 38.1 Å². The summed E-state index contributed by atoms with van der Waals surface area (Å²) in [5.41, 5.74) is 5.37. The second kappa shape index (κ2) is 9.20. The monoisotopic (exact) mass is 369 g/mol. The van der Waals surface area contributed by atoms with Gasteiger partial charge in [-0.2, -0.15) is 5.10 Å². The number of rotatable bonds is 8. The van der Waals surface area contributed by atoms with E-state index >= 15 is 0 Å². The van der Waals surface area contributed by atoms with Crippen LogP contribution in [0.4, 0.5) is 0 Å². The number of amides is 1. The van der Waals surface area contributed by atoms with Crippen molar-refractivity contribution in [3.63, 3.8) is 0 Å². The minimum Gasteiger partial charge on any atom is -0.338 e. The number of carbonyl (C=O) groups is 1. The third-order valence-electron chi connectivity index (χ3n) is 4.76. The minimum atomic E-state index is 0.115. The number of hydrogen-bond donors (Lipinski definition) is 0. The summed E-state index contributed by atoms with van der Waals surface area (Å²) in [6.45, 7) is 16.6. The van der Waals surface area contributed by atoms with Crippen LogP contribution in [0.15, 0.2) is 24.3 Å². The molecule has 27 heavy (non-hydrogen) atoms. The van der Waals surface area contributed by atoms with Crippen molar-refractivity contribution >= 4 is 5.91 Å². The van der Waals surface area contributed by atoms with E-state index in [0.29, 0.717) is 11.8 Å². The number of carbonyl (C=O) groups excluding carboxylic acids is 1. The van der Waals surface area contributed by atoms with Gasteiger partial charge in [0.25, 0.3) is 5.91 Å². The lowest BCUT2D eigenvalue weighted by Crippen LogP contribution is -2.37. The van der Waals surface area contributed by atoms with Crippen molar-refractivity contribution in [2.75, 3.05) is 13.1 Å². The smallest absolute Gasteiger partial charge is 0.253 e. The molecular weight excluding hydrogens is 334 g/mol. The van der Waals surface area contributed by atoms with Crippen molar-refractivity contribution in [2.45, 2.75) is 61.3 Å². The molecule has 0 N–H and O–H groups in total. The van der Waals surface area contributed by atoms with E-state index in [1.54, 1.807) is 0 Å². The molecular formula is C23H35N3O. The van der Waals surface area contributed by atoms with E-state index in [0.717, 1.165) is 42.9 Å². The van der Waals surface area contributed by atoms with E-state index in [-0.39, 0.29) is 5.91 Å². The number of benzene rings is 1. The van der Waals surface area contributed by atoms with Crippen molar-refractivity contribution < 1.29 is 4.79 Å². The quantitative estimate of drug-likeness (QED) is 0.642. The zero-order valence-corrected chi connectivity index (χ0v) is 18.0. The predicted octanol–water partition coefficient (Wildman–Crippen LogP) is 5.20. The van der Waals surface area contributed by atoms with Gasteiger partial charge in [0, 0.05) is 24.3 Å². The van der Waals surface area contributed by atoms with E-state index in [2.05, 4.69) is 48.5 Å². The van der Waals surface area contributed by atoms with Crippen LogP contribution in [0.25, 0.3) is 5.69 Å². The van der Waals surface area contributed by atoms with Gasteiger partial charge in [0.15, 0.2) is 0 Å². The molecule has 0 aliphatic carbocycles. The highest BCUT2D eigenvalue weighted by atomic mass is 16.2. The molecule has 0 radical (unpaired) electrons. The van der Waals surface area contributed by atoms with E-state index in [1.807, 2.05) is 33.8 Å². The summed E-state index contributed by atoms with van der Waals surface area (Å²) in [4.78, 5) is 15.0. The Kier molecular flexibility index (Phi) is 7.23. The van der Waals surface area contributed by atoms with Crippen molar-refractivity contribution in [3.05, 3.63) is 46.8 Å². The van der Waals surface area contributed by atoms with Crippen LogP contribution in [-0.4, -0.2) is 33.7 Å². The van der Waals surface area contributed by atoms with Gasteiger partial charge in [0.2, 0.25) is 0 Å². The molecule has 2 aromatic rings. The fourth-order valence-corrected chi connectivity index (χ4v) is 3.59. The highest BCUT2D eigenvalue weighted by molar-refractivity contribution is 5.94. The van der Waals surface area contributed by atoms with Gasteiger partial charge < -0.3 is 4.90 Å². The maximum absolute atomic E-state index is 13.0. The molecule has 4 nitrogen and oxygen atoms in total. The lowest BCUT2D eigenvalue weighted by Gasteiger charge is -2.26. The average Bonchev–Trinajstić information content (AvgIpc) is 2.88. The summed E-state index contributed by atoms with van der Waals surface area (Å²) >= 11 is 0. The summed E-state index contributed by atoms with van der Waals surface area (Å²) in [7, 11) is 0. The first-order valence-corrected chi connectivity index (χ1v) is 10.2. The Labute approximate surface area is 164 Å². The highest BCUT2D eigenvalue weighted by Gasteiger charge is 2.18. The van der Waals surface area contributed by atoms with Crippen molar-refractivity contribution in [3.8, 4) is 5.69 Å². The third kappa shape index (κ3) is 5.21. The molecule has 0 bridgehead atoms. The molecule has 1 aromatic heterocycles. The molecule has 0 aliphatic heterocycles. The molecule has 0 saturated carbocycles. The summed E-state index contributed by atoms with van der Waals surface area (Å²) in [6, 6.07) is 7.87. The van der Waals surface area contributed by atoms with Crippen LogP contribution in [0.1, 0.15) is 68.3 Å². The Morgan fingerprint density at radius 1 is 1.04 bits per heavy atom. The zero-order valence-electron chi connectivity index (χ0n) is 18.0. The molecule has 0 fully saturated rings. The standard InChI is InChI=1S/C23H35N3O/c1-8-9-22-18(6)24-26(19(22)7)21-12-10-20(11-13-21)23(27)25(14-16(2)3)15-17(4)5/h10-13,16-17H,8-9,14-15H2,1-7H3. The van der Waals surface area contributed by atoms with Gasteiger partial charge in [-0.25, -0.2) is 4.68 Å². The average molecular weight is 370 g/mol. The van der Waals surface area contributed by atoms with Crippen molar-refractivity contribution in [2.24, 2.45) is 11.8 Å². The minimum absolute atomic E-state index is 0.115. The normalized spacial score (nSPS) is 11.4. The van der Waals surface area contributed by atoms with Crippen LogP contribution in [0.2, 0.25) is 0 Å². The second-order valence-electron chi connectivity index (χ2n) is 8.36. The van der Waals surface area contributed by atoms with E-state index < -0.39 is 0 Å². The van der Waals surface area contributed by atoms with Crippen LogP contribution in [0.3, 0.4) is 0 Å². The predicted molar refractivity (Wildman–Crippen MR) is 113 cm³/mol. The molecule has 2 rings (SSSR count). The fourth-order valence-electron chi connectivity index (χ4n) is 3.59. The first-order chi connectivity index (χ1) is 12.7. The van der Waals surface area contributed by atoms with Gasteiger partial charge in [-0.3, -0.25) is 4.79 Å². The second-order valence-corrected chi connectivity index (χ2v) is 8.36. The largest absolute Gasteiger partial charge is 0.338 e. The number of aryl methyl sites for hydroxylation is 1. The Bertz CT molecular complexity index is 747. The van der Waals surface area contributed by atoms with Crippen molar-refractivity contribution in [1.82, 2.24) is 14.7 Å². The number of aromatic nitrogens is 2. The summed E-state index contributed by atoms with van der Waals surface area (Å²) in [6.07, 6.45) is 2.16. The first kappa shape index (κ1) is 21.2. The van der Waals surface area contributed by atoms with Crippen LogP contribution < -0.4 is 0 Å². The molecule has 0 saturated heterocycles. The van der Waals surface area contributed by atoms with Gasteiger partial charge in [-0.15, -0.1) is 0 Å². The first-order valence-electron chi connectivity index (χ1n) is 10.2. The van der Waals surface area contributed by atoms with Gasteiger partial charge >= 0.3 is 0 Å². The molecule has 1 aromatic carbocycles. The van der Waals surface area contributed by atoms with E-state index in [4.69, 9.17) is 5.10 Å². The summed E-state index contributed by atoms with van der Waals surface area (Å²) < 4.78 is 1.99. The molecule has 1 heterocycles. The molecule has 1 amide bonds. The van der Waals surface area contributed by atoms with Gasteiger partial charge in [-0.1, -0.05) is 41.0 Å². The Balaban J connectivity index is 2.26. The molecule has 0 spiro atoms. The maximum atomic E-state index is 13.0. The highest BCUT2D eigenvalue weighted by Crippen LogP contribution is 2.20. The Morgan fingerprint density at radius 3 is 2.07 bits per heavy atom. The number of nitrogens with zero attached hydrogens (tertiary/aromatic N) is 3. The molecule has 0 atom stereocenters. The Hall–Kier alpha value is -2.10. The zero-order chi connectivity index (χ0) is 20.1.